The van der Waals surface area contributed by atoms with E-state index in [0.717, 1.165) is 31.7 Å². The Bertz CT molecular complexity index is 632. The Kier molecular flexibility index (Phi) is 6.25. The number of likely N-dealkylation sites (tertiary alicyclic amines) is 1. The number of hydrogen-bond donors (Lipinski definition) is 1. The highest BCUT2D eigenvalue weighted by molar-refractivity contribution is 5.66. The summed E-state index contributed by atoms with van der Waals surface area (Å²) in [5, 5.41) is 8.83. The van der Waals surface area contributed by atoms with Gasteiger partial charge in [0.05, 0.1) is 12.5 Å². The molecule has 28 heavy (non-hydrogen) atoms. The molecular formula is C24H35NO3. The minimum Gasteiger partial charge on any atom is -0.490 e. The molecule has 0 atom stereocenters. The monoisotopic (exact) mass is 385 g/mol. The van der Waals surface area contributed by atoms with Gasteiger partial charge in [-0.3, -0.25) is 4.79 Å². The van der Waals surface area contributed by atoms with E-state index >= 15 is 0 Å². The van der Waals surface area contributed by atoms with Crippen LogP contribution in [-0.4, -0.2) is 41.7 Å². The van der Waals surface area contributed by atoms with Gasteiger partial charge in [0.1, 0.15) is 5.75 Å². The van der Waals surface area contributed by atoms with Gasteiger partial charge in [-0.25, -0.2) is 0 Å². The molecule has 1 heterocycles. The minimum absolute atomic E-state index is 0.249. The lowest BCUT2D eigenvalue weighted by atomic mass is 9.72. The molecule has 1 aliphatic heterocycles. The average molecular weight is 386 g/mol. The van der Waals surface area contributed by atoms with Crippen LogP contribution in [0.15, 0.2) is 24.3 Å². The first kappa shape index (κ1) is 19.8. The van der Waals surface area contributed by atoms with Crippen LogP contribution in [-0.2, 0) is 4.79 Å². The third-order valence-electron chi connectivity index (χ3n) is 7.54. The van der Waals surface area contributed by atoms with Gasteiger partial charge in [-0.15, -0.1) is 0 Å². The number of rotatable bonds is 6. The summed E-state index contributed by atoms with van der Waals surface area (Å²) in [5.41, 5.74) is 2.07. The largest absolute Gasteiger partial charge is 0.490 e. The molecule has 0 unspecified atom stereocenters. The van der Waals surface area contributed by atoms with Gasteiger partial charge in [-0.2, -0.15) is 0 Å². The van der Waals surface area contributed by atoms with Gasteiger partial charge in [-0.1, -0.05) is 25.0 Å². The Morgan fingerprint density at radius 2 is 1.64 bits per heavy atom. The number of hydrogen-bond acceptors (Lipinski definition) is 3. The van der Waals surface area contributed by atoms with Crippen LogP contribution in [0.2, 0.25) is 0 Å². The predicted octanol–water partition coefficient (Wildman–Crippen LogP) is 5.22. The van der Waals surface area contributed by atoms with E-state index in [4.69, 9.17) is 9.84 Å². The van der Waals surface area contributed by atoms with Crippen molar-refractivity contribution < 1.29 is 14.6 Å². The zero-order valence-corrected chi connectivity index (χ0v) is 17.1. The quantitative estimate of drug-likeness (QED) is 0.729. The van der Waals surface area contributed by atoms with Crippen molar-refractivity contribution in [2.45, 2.75) is 82.7 Å². The first-order chi connectivity index (χ1) is 13.6. The third kappa shape index (κ3) is 4.89. The summed E-state index contributed by atoms with van der Waals surface area (Å²) in [6.07, 6.45) is 13.8. The van der Waals surface area contributed by atoms with Crippen molar-refractivity contribution in [3.63, 3.8) is 0 Å². The van der Waals surface area contributed by atoms with E-state index in [9.17, 15) is 4.79 Å². The fourth-order valence-electron chi connectivity index (χ4n) is 5.70. The Balaban J connectivity index is 1.23. The van der Waals surface area contributed by atoms with Crippen molar-refractivity contribution in [2.24, 2.45) is 5.41 Å². The second-order valence-corrected chi connectivity index (χ2v) is 9.35. The lowest BCUT2D eigenvalue weighted by Gasteiger charge is -2.37. The van der Waals surface area contributed by atoms with Crippen LogP contribution in [0.1, 0.15) is 82.1 Å². The average Bonchev–Trinajstić information content (AvgIpc) is 3.17. The van der Waals surface area contributed by atoms with E-state index in [2.05, 4.69) is 29.2 Å². The molecule has 4 rings (SSSR count). The fraction of sp³-hybridized carbons (Fsp3) is 0.708. The summed E-state index contributed by atoms with van der Waals surface area (Å²) in [4.78, 5) is 13.0. The van der Waals surface area contributed by atoms with E-state index in [1.807, 2.05) is 0 Å². The number of nitrogens with zero attached hydrogens (tertiary/aromatic N) is 1. The zero-order chi connectivity index (χ0) is 19.4. The van der Waals surface area contributed by atoms with E-state index in [1.54, 1.807) is 0 Å². The van der Waals surface area contributed by atoms with Gasteiger partial charge >= 0.3 is 5.97 Å². The third-order valence-corrected chi connectivity index (χ3v) is 7.54. The second-order valence-electron chi connectivity index (χ2n) is 9.35. The highest BCUT2D eigenvalue weighted by Gasteiger charge is 2.38. The van der Waals surface area contributed by atoms with Crippen LogP contribution in [0, 0.1) is 5.41 Å². The van der Waals surface area contributed by atoms with Gasteiger partial charge in [0, 0.05) is 6.54 Å². The molecule has 1 saturated heterocycles. The molecule has 1 N–H and O–H groups in total. The van der Waals surface area contributed by atoms with Crippen LogP contribution >= 0.6 is 0 Å². The molecule has 0 bridgehead atoms. The van der Waals surface area contributed by atoms with Crippen LogP contribution in [0.4, 0.5) is 0 Å². The SMILES string of the molecule is O=C(O)CCN1CCC(c2ccc(OC3CCC4(CCCC4)CC3)cc2)CC1. The van der Waals surface area contributed by atoms with Gasteiger partial charge in [0.2, 0.25) is 0 Å². The van der Waals surface area contributed by atoms with Crippen LogP contribution in [0.3, 0.4) is 0 Å². The lowest BCUT2D eigenvalue weighted by molar-refractivity contribution is -0.137. The summed E-state index contributed by atoms with van der Waals surface area (Å²) in [7, 11) is 0. The Morgan fingerprint density at radius 3 is 2.25 bits per heavy atom. The molecule has 4 heteroatoms. The summed E-state index contributed by atoms with van der Waals surface area (Å²) >= 11 is 0. The molecule has 0 aromatic heterocycles. The minimum atomic E-state index is -0.700. The smallest absolute Gasteiger partial charge is 0.304 e. The summed E-state index contributed by atoms with van der Waals surface area (Å²) in [6, 6.07) is 8.81. The van der Waals surface area contributed by atoms with Crippen molar-refractivity contribution in [3.8, 4) is 5.75 Å². The number of piperidine rings is 1. The molecule has 1 aromatic rings. The molecule has 2 saturated carbocycles. The van der Waals surface area contributed by atoms with Crippen molar-refractivity contribution in [1.29, 1.82) is 0 Å². The first-order valence-electron chi connectivity index (χ1n) is 11.3. The Morgan fingerprint density at radius 1 is 1.00 bits per heavy atom. The maximum atomic E-state index is 10.7. The second kappa shape index (κ2) is 8.86. The molecule has 1 aromatic carbocycles. The maximum Gasteiger partial charge on any atom is 0.304 e. The highest BCUT2D eigenvalue weighted by atomic mass is 16.5. The van der Waals surface area contributed by atoms with E-state index in [-0.39, 0.29) is 6.42 Å². The summed E-state index contributed by atoms with van der Waals surface area (Å²) in [6.45, 7) is 2.68. The van der Waals surface area contributed by atoms with Crippen molar-refractivity contribution in [1.82, 2.24) is 4.90 Å². The predicted molar refractivity (Wildman–Crippen MR) is 111 cm³/mol. The van der Waals surface area contributed by atoms with Crippen molar-refractivity contribution >= 4 is 5.97 Å². The van der Waals surface area contributed by atoms with Gasteiger partial charge < -0.3 is 14.7 Å². The zero-order valence-electron chi connectivity index (χ0n) is 17.1. The number of benzene rings is 1. The molecule has 3 fully saturated rings. The number of carbonyl (C=O) groups is 1. The standard InChI is InChI=1S/C24H35NO3/c26-23(27)11-18-25-16-9-20(10-17-25)19-3-5-21(6-4-19)28-22-7-14-24(15-8-22)12-1-2-13-24/h3-6,20,22H,1-2,7-18H2,(H,26,27). The lowest BCUT2D eigenvalue weighted by Crippen LogP contribution is -2.34. The van der Waals surface area contributed by atoms with Crippen LogP contribution in [0.5, 0.6) is 5.75 Å². The van der Waals surface area contributed by atoms with Crippen molar-refractivity contribution in [3.05, 3.63) is 29.8 Å². The van der Waals surface area contributed by atoms with Gasteiger partial charge in [0.25, 0.3) is 0 Å². The number of carboxylic acids is 1. The fourth-order valence-corrected chi connectivity index (χ4v) is 5.70. The highest BCUT2D eigenvalue weighted by Crippen LogP contribution is 2.49. The van der Waals surface area contributed by atoms with Crippen LogP contribution in [0.25, 0.3) is 0 Å². The molecule has 154 valence electrons. The summed E-state index contributed by atoms with van der Waals surface area (Å²) in [5.74, 6) is 0.913. The first-order valence-corrected chi connectivity index (χ1v) is 11.3. The molecule has 0 radical (unpaired) electrons. The van der Waals surface area contributed by atoms with E-state index in [1.165, 1.54) is 56.9 Å². The molecule has 1 spiro atoms. The summed E-state index contributed by atoms with van der Waals surface area (Å²) < 4.78 is 6.31. The molecular weight excluding hydrogens is 350 g/mol. The Hall–Kier alpha value is -1.55. The van der Waals surface area contributed by atoms with Crippen molar-refractivity contribution in [2.75, 3.05) is 19.6 Å². The van der Waals surface area contributed by atoms with E-state index in [0.29, 0.717) is 24.0 Å². The molecule has 4 nitrogen and oxygen atoms in total. The molecule has 0 amide bonds. The van der Waals surface area contributed by atoms with Gasteiger partial charge in [0.15, 0.2) is 0 Å². The number of carboxylic acid groups (broad SMARTS) is 1. The topological polar surface area (TPSA) is 49.8 Å². The number of aliphatic carboxylic acids is 1. The molecule has 2 aliphatic carbocycles. The van der Waals surface area contributed by atoms with Crippen LogP contribution < -0.4 is 4.74 Å². The van der Waals surface area contributed by atoms with Gasteiger partial charge in [-0.05, 0) is 93.5 Å². The van der Waals surface area contributed by atoms with E-state index < -0.39 is 5.97 Å². The Labute approximate surface area is 169 Å². The number of ether oxygens (including phenoxy) is 1. The molecule has 3 aliphatic rings. The maximum absolute atomic E-state index is 10.7. The normalized spacial score (nSPS) is 23.9.